The summed E-state index contributed by atoms with van der Waals surface area (Å²) in [4.78, 5) is 15.6. The second kappa shape index (κ2) is 6.09. The molecule has 1 saturated carbocycles. The quantitative estimate of drug-likeness (QED) is 0.912. The highest BCUT2D eigenvalue weighted by atomic mass is 32.1. The first-order valence-electron chi connectivity index (χ1n) is 7.93. The highest BCUT2D eigenvalue weighted by Crippen LogP contribution is 2.45. The van der Waals surface area contributed by atoms with Gasteiger partial charge < -0.3 is 9.64 Å². The van der Waals surface area contributed by atoms with Crippen LogP contribution in [0.2, 0.25) is 0 Å². The van der Waals surface area contributed by atoms with E-state index in [1.165, 1.54) is 0 Å². The largest absolute Gasteiger partial charge is 0.378 e. The van der Waals surface area contributed by atoms with Crippen molar-refractivity contribution in [2.75, 3.05) is 13.7 Å². The molecule has 0 radical (unpaired) electrons. The monoisotopic (exact) mass is 333 g/mol. The number of aromatic amines is 1. The van der Waals surface area contributed by atoms with Crippen LogP contribution in [0.3, 0.4) is 0 Å². The van der Waals surface area contributed by atoms with E-state index < -0.39 is 0 Å². The molecule has 0 bridgehead atoms. The Bertz CT molecular complexity index is 678. The summed E-state index contributed by atoms with van der Waals surface area (Å²) in [5, 5.41) is 9.16. The Balaban J connectivity index is 1.71. The van der Waals surface area contributed by atoms with E-state index in [4.69, 9.17) is 4.74 Å². The second-order valence-corrected chi connectivity index (χ2v) is 7.52. The minimum absolute atomic E-state index is 0.0344. The Morgan fingerprint density at radius 3 is 2.96 bits per heavy atom. The number of ether oxygens (including phenoxy) is 1. The van der Waals surface area contributed by atoms with Gasteiger partial charge in [-0.15, -0.1) is 11.3 Å². The lowest BCUT2D eigenvalue weighted by Crippen LogP contribution is -2.62. The molecule has 0 unspecified atom stereocenters. The van der Waals surface area contributed by atoms with Crippen molar-refractivity contribution in [3.8, 4) is 10.6 Å². The molecule has 1 amide bonds. The van der Waals surface area contributed by atoms with Crippen molar-refractivity contribution < 1.29 is 9.53 Å². The third-order valence-corrected chi connectivity index (χ3v) is 5.77. The molecular weight excluding hydrogens is 310 g/mol. The summed E-state index contributed by atoms with van der Waals surface area (Å²) in [7, 11) is 1.86. The molecule has 6 heteroatoms. The normalized spacial score (nSPS) is 22.6. The van der Waals surface area contributed by atoms with E-state index in [9.17, 15) is 4.79 Å². The Morgan fingerprint density at radius 2 is 2.35 bits per heavy atom. The lowest BCUT2D eigenvalue weighted by Gasteiger charge is -2.54. The second-order valence-electron chi connectivity index (χ2n) is 6.58. The summed E-state index contributed by atoms with van der Waals surface area (Å²) < 4.78 is 5.75. The summed E-state index contributed by atoms with van der Waals surface area (Å²) in [6.07, 6.45) is 1.10. The van der Waals surface area contributed by atoms with E-state index in [1.807, 2.05) is 42.5 Å². The van der Waals surface area contributed by atoms with Gasteiger partial charge in [-0.05, 0) is 30.9 Å². The molecule has 2 aromatic rings. The van der Waals surface area contributed by atoms with Crippen LogP contribution in [0.15, 0.2) is 23.6 Å². The molecule has 1 aliphatic carbocycles. The molecular formula is C17H23N3O2S. The van der Waals surface area contributed by atoms with Gasteiger partial charge in [0.25, 0.3) is 5.91 Å². The van der Waals surface area contributed by atoms with Crippen molar-refractivity contribution in [2.24, 2.45) is 5.41 Å². The van der Waals surface area contributed by atoms with Crippen molar-refractivity contribution in [1.82, 2.24) is 15.1 Å². The minimum Gasteiger partial charge on any atom is -0.378 e. The smallest absolute Gasteiger partial charge is 0.274 e. The molecule has 0 spiro atoms. The Morgan fingerprint density at radius 1 is 1.57 bits per heavy atom. The van der Waals surface area contributed by atoms with Gasteiger partial charge in [-0.25, -0.2) is 0 Å². The third kappa shape index (κ3) is 2.81. The van der Waals surface area contributed by atoms with Crippen molar-refractivity contribution in [3.63, 3.8) is 0 Å². The number of carbonyl (C=O) groups excluding carboxylic acids is 1. The fourth-order valence-electron chi connectivity index (χ4n) is 3.32. The number of amides is 1. The van der Waals surface area contributed by atoms with Crippen molar-refractivity contribution in [3.05, 3.63) is 29.3 Å². The van der Waals surface area contributed by atoms with Crippen LogP contribution in [0, 0.1) is 5.41 Å². The molecule has 5 nitrogen and oxygen atoms in total. The van der Waals surface area contributed by atoms with Crippen molar-refractivity contribution in [1.29, 1.82) is 0 Å². The third-order valence-electron chi connectivity index (χ3n) is 4.87. The molecule has 124 valence electrons. The van der Waals surface area contributed by atoms with Gasteiger partial charge in [0.2, 0.25) is 0 Å². The summed E-state index contributed by atoms with van der Waals surface area (Å²) >= 11 is 1.62. The van der Waals surface area contributed by atoms with Gasteiger partial charge in [-0.3, -0.25) is 9.89 Å². The molecule has 1 aliphatic rings. The van der Waals surface area contributed by atoms with Gasteiger partial charge in [0, 0.05) is 25.1 Å². The Kier molecular flexibility index (Phi) is 4.29. The lowest BCUT2D eigenvalue weighted by atomic mass is 9.63. The van der Waals surface area contributed by atoms with Crippen LogP contribution >= 0.6 is 11.3 Å². The summed E-state index contributed by atoms with van der Waals surface area (Å²) in [6.45, 7) is 7.04. The maximum atomic E-state index is 12.7. The predicted molar refractivity (Wildman–Crippen MR) is 91.6 cm³/mol. The number of hydrogen-bond donors (Lipinski definition) is 1. The van der Waals surface area contributed by atoms with Gasteiger partial charge in [0.15, 0.2) is 5.69 Å². The van der Waals surface area contributed by atoms with Crippen LogP contribution in [-0.4, -0.2) is 46.8 Å². The number of hydrogen-bond acceptors (Lipinski definition) is 4. The topological polar surface area (TPSA) is 58.2 Å². The van der Waals surface area contributed by atoms with Gasteiger partial charge in [-0.1, -0.05) is 19.9 Å². The summed E-state index contributed by atoms with van der Waals surface area (Å²) in [6, 6.07) is 6.00. The van der Waals surface area contributed by atoms with E-state index in [1.54, 1.807) is 11.3 Å². The number of thiophene rings is 1. The fourth-order valence-corrected chi connectivity index (χ4v) is 4.01. The minimum atomic E-state index is -0.0444. The number of nitrogens with zero attached hydrogens (tertiary/aromatic N) is 2. The van der Waals surface area contributed by atoms with Crippen LogP contribution in [0.1, 0.15) is 37.7 Å². The molecule has 0 aliphatic heterocycles. The number of aromatic nitrogens is 2. The average molecular weight is 333 g/mol. The zero-order chi connectivity index (χ0) is 16.6. The van der Waals surface area contributed by atoms with E-state index >= 15 is 0 Å². The zero-order valence-corrected chi connectivity index (χ0v) is 14.8. The molecule has 1 N–H and O–H groups in total. The van der Waals surface area contributed by atoms with E-state index in [-0.39, 0.29) is 23.5 Å². The first-order chi connectivity index (χ1) is 10.9. The van der Waals surface area contributed by atoms with E-state index in [2.05, 4.69) is 24.0 Å². The number of H-pyrrole nitrogens is 1. The van der Waals surface area contributed by atoms with Gasteiger partial charge in [0.1, 0.15) is 0 Å². The van der Waals surface area contributed by atoms with Crippen LogP contribution in [-0.2, 0) is 4.74 Å². The van der Waals surface area contributed by atoms with Crippen molar-refractivity contribution >= 4 is 17.2 Å². The number of carbonyl (C=O) groups is 1. The highest BCUT2D eigenvalue weighted by Gasteiger charge is 2.52. The summed E-state index contributed by atoms with van der Waals surface area (Å²) in [5.41, 5.74) is 1.32. The van der Waals surface area contributed by atoms with Gasteiger partial charge >= 0.3 is 0 Å². The highest BCUT2D eigenvalue weighted by molar-refractivity contribution is 7.13. The van der Waals surface area contributed by atoms with Gasteiger partial charge in [-0.2, -0.15) is 5.10 Å². The van der Waals surface area contributed by atoms with Gasteiger partial charge in [0.05, 0.1) is 16.7 Å². The van der Waals surface area contributed by atoms with Crippen LogP contribution < -0.4 is 0 Å². The Labute approximate surface area is 140 Å². The standard InChI is InChI=1S/C17H23N3O2S/c1-5-22-15-10-14(17(15,2)3)20(4)16(21)12-9-11(18-19-12)13-7-6-8-23-13/h6-9,14-15H,5,10H2,1-4H3,(H,18,19)/t14-,15-/m1/s1. The predicted octanol–water partition coefficient (Wildman–Crippen LogP) is 3.41. The SMILES string of the molecule is CCO[C@@H]1C[C@@H](N(C)C(=O)c2cc(-c3cccs3)[nH]n2)C1(C)C. The molecule has 2 atom stereocenters. The summed E-state index contributed by atoms with van der Waals surface area (Å²) in [5.74, 6) is -0.0444. The lowest BCUT2D eigenvalue weighted by molar-refractivity contribution is -0.136. The molecule has 3 rings (SSSR count). The molecule has 23 heavy (non-hydrogen) atoms. The zero-order valence-electron chi connectivity index (χ0n) is 14.0. The maximum absolute atomic E-state index is 12.7. The average Bonchev–Trinajstić information content (AvgIpc) is 3.19. The van der Waals surface area contributed by atoms with E-state index in [0.717, 1.165) is 17.0 Å². The number of rotatable bonds is 5. The van der Waals surface area contributed by atoms with Crippen molar-refractivity contribution in [2.45, 2.75) is 39.3 Å². The van der Waals surface area contributed by atoms with Crippen LogP contribution in [0.4, 0.5) is 0 Å². The van der Waals surface area contributed by atoms with E-state index in [0.29, 0.717) is 12.3 Å². The maximum Gasteiger partial charge on any atom is 0.274 e. The molecule has 0 saturated heterocycles. The molecule has 2 aromatic heterocycles. The first-order valence-corrected chi connectivity index (χ1v) is 8.81. The molecule has 1 fully saturated rings. The van der Waals surface area contributed by atoms with Crippen LogP contribution in [0.25, 0.3) is 10.6 Å². The Hall–Kier alpha value is -1.66. The molecule has 0 aromatic carbocycles. The first kappa shape index (κ1) is 16.2. The number of nitrogens with one attached hydrogen (secondary N) is 1. The molecule has 2 heterocycles. The fraction of sp³-hybridized carbons (Fsp3) is 0.529. The van der Waals surface area contributed by atoms with Crippen LogP contribution in [0.5, 0.6) is 0 Å².